The molecule has 2 aliphatic rings. The van der Waals surface area contributed by atoms with Crippen molar-refractivity contribution in [1.82, 2.24) is 14.3 Å². The van der Waals surface area contributed by atoms with Gasteiger partial charge in [0.15, 0.2) is 11.6 Å². The number of hydrogen-bond acceptors (Lipinski definition) is 6. The Hall–Kier alpha value is -1.80. The van der Waals surface area contributed by atoms with Crippen LogP contribution in [0.1, 0.15) is 18.4 Å². The molecule has 1 aliphatic carbocycles. The van der Waals surface area contributed by atoms with Crippen LogP contribution in [0, 0.1) is 17.6 Å². The summed E-state index contributed by atoms with van der Waals surface area (Å²) >= 11 is 1.45. The van der Waals surface area contributed by atoms with Gasteiger partial charge < -0.3 is 10.2 Å². The highest BCUT2D eigenvalue weighted by Gasteiger charge is 2.23. The summed E-state index contributed by atoms with van der Waals surface area (Å²) in [4.78, 5) is 9.22. The van der Waals surface area contributed by atoms with E-state index >= 15 is 0 Å². The largest absolute Gasteiger partial charge is 0.353 e. The van der Waals surface area contributed by atoms with Gasteiger partial charge >= 0.3 is 0 Å². The number of aromatic nitrogens is 2. The molecule has 1 aromatic carbocycles. The lowest BCUT2D eigenvalue weighted by atomic mass is 10.1. The molecule has 1 aromatic heterocycles. The van der Waals surface area contributed by atoms with E-state index in [0.29, 0.717) is 0 Å². The number of benzene rings is 1. The third-order valence-corrected chi connectivity index (χ3v) is 5.78. The van der Waals surface area contributed by atoms with Gasteiger partial charge in [-0.25, -0.2) is 8.78 Å². The number of nitrogens with one attached hydrogen (secondary N) is 1. The maximum absolute atomic E-state index is 13.3. The molecule has 1 N–H and O–H groups in total. The van der Waals surface area contributed by atoms with Crippen molar-refractivity contribution in [2.45, 2.75) is 19.3 Å². The summed E-state index contributed by atoms with van der Waals surface area (Å²) in [6.07, 6.45) is 3.36. The molecule has 1 saturated carbocycles. The van der Waals surface area contributed by atoms with Crippen LogP contribution in [0.25, 0.3) is 0 Å². The van der Waals surface area contributed by atoms with Crippen LogP contribution < -0.4 is 10.2 Å². The normalized spacial score (nSPS) is 18.3. The van der Waals surface area contributed by atoms with Crippen LogP contribution in [0.3, 0.4) is 0 Å². The van der Waals surface area contributed by atoms with Crippen molar-refractivity contribution in [1.29, 1.82) is 0 Å². The highest BCUT2D eigenvalue weighted by Crippen LogP contribution is 2.29. The lowest BCUT2D eigenvalue weighted by Gasteiger charge is -2.34. The van der Waals surface area contributed by atoms with Gasteiger partial charge in [-0.15, -0.1) is 0 Å². The Bertz CT molecular complexity index is 741. The molecule has 140 valence electrons. The number of halogens is 2. The minimum absolute atomic E-state index is 0.727. The van der Waals surface area contributed by atoms with E-state index in [-0.39, 0.29) is 0 Å². The highest BCUT2D eigenvalue weighted by atomic mass is 32.1. The molecule has 2 fully saturated rings. The molecule has 0 spiro atoms. The molecule has 26 heavy (non-hydrogen) atoms. The molecule has 0 radical (unpaired) electrons. The SMILES string of the molecule is Fc1ccc(CCN2CCN(c3nc(NCC4CC4)ns3)CC2)cc1F. The quantitative estimate of drug-likeness (QED) is 0.801. The first kappa shape index (κ1) is 17.6. The van der Waals surface area contributed by atoms with Crippen molar-refractivity contribution >= 4 is 22.6 Å². The summed E-state index contributed by atoms with van der Waals surface area (Å²) in [7, 11) is 0. The predicted molar refractivity (Wildman–Crippen MR) is 99.8 cm³/mol. The molecule has 8 heteroatoms. The molecule has 0 atom stereocenters. The van der Waals surface area contributed by atoms with Crippen molar-refractivity contribution < 1.29 is 8.78 Å². The van der Waals surface area contributed by atoms with E-state index < -0.39 is 11.6 Å². The van der Waals surface area contributed by atoms with E-state index in [4.69, 9.17) is 0 Å². The van der Waals surface area contributed by atoms with Gasteiger partial charge in [-0.3, -0.25) is 4.90 Å². The van der Waals surface area contributed by atoms with Gasteiger partial charge in [-0.2, -0.15) is 9.36 Å². The number of piperazine rings is 1. The lowest BCUT2D eigenvalue weighted by Crippen LogP contribution is -2.47. The predicted octanol–water partition coefficient (Wildman–Crippen LogP) is 3.00. The Kier molecular flexibility index (Phi) is 5.31. The highest BCUT2D eigenvalue weighted by molar-refractivity contribution is 7.09. The summed E-state index contributed by atoms with van der Waals surface area (Å²) < 4.78 is 30.7. The van der Waals surface area contributed by atoms with E-state index in [1.165, 1.54) is 36.5 Å². The molecule has 0 amide bonds. The summed E-state index contributed by atoms with van der Waals surface area (Å²) in [6, 6.07) is 4.15. The Balaban J connectivity index is 1.22. The summed E-state index contributed by atoms with van der Waals surface area (Å²) in [6.45, 7) is 5.53. The molecule has 2 heterocycles. The first-order valence-corrected chi connectivity index (χ1v) is 9.93. The Labute approximate surface area is 156 Å². The van der Waals surface area contributed by atoms with E-state index in [9.17, 15) is 8.78 Å². The smallest absolute Gasteiger partial charge is 0.236 e. The maximum Gasteiger partial charge on any atom is 0.236 e. The topological polar surface area (TPSA) is 44.3 Å². The summed E-state index contributed by atoms with van der Waals surface area (Å²) in [5.74, 6) is -0.00200. The zero-order chi connectivity index (χ0) is 17.9. The van der Waals surface area contributed by atoms with E-state index in [2.05, 4.69) is 24.5 Å². The zero-order valence-electron chi connectivity index (χ0n) is 14.6. The first-order valence-electron chi connectivity index (χ1n) is 9.16. The second-order valence-electron chi connectivity index (χ2n) is 7.05. The van der Waals surface area contributed by atoms with Gasteiger partial charge in [-0.1, -0.05) is 6.07 Å². The van der Waals surface area contributed by atoms with E-state index in [1.807, 2.05) is 0 Å². The van der Waals surface area contributed by atoms with Gasteiger partial charge in [0, 0.05) is 50.8 Å². The minimum Gasteiger partial charge on any atom is -0.353 e. The number of nitrogens with zero attached hydrogens (tertiary/aromatic N) is 4. The van der Waals surface area contributed by atoms with Gasteiger partial charge in [0.25, 0.3) is 0 Å². The average Bonchev–Trinajstić information content (AvgIpc) is 3.37. The molecular formula is C18H23F2N5S. The lowest BCUT2D eigenvalue weighted by molar-refractivity contribution is 0.261. The van der Waals surface area contributed by atoms with Gasteiger partial charge in [0.1, 0.15) is 0 Å². The Morgan fingerprint density at radius 1 is 1.12 bits per heavy atom. The Morgan fingerprint density at radius 3 is 2.65 bits per heavy atom. The van der Waals surface area contributed by atoms with E-state index in [1.54, 1.807) is 6.07 Å². The van der Waals surface area contributed by atoms with Crippen LogP contribution in [0.2, 0.25) is 0 Å². The van der Waals surface area contributed by atoms with Gasteiger partial charge in [0.2, 0.25) is 11.1 Å². The number of hydrogen-bond donors (Lipinski definition) is 1. The third-order valence-electron chi connectivity index (χ3n) is 5.00. The zero-order valence-corrected chi connectivity index (χ0v) is 15.4. The first-order chi connectivity index (χ1) is 12.7. The second kappa shape index (κ2) is 7.84. The molecule has 4 rings (SSSR count). The summed E-state index contributed by atoms with van der Waals surface area (Å²) in [5.41, 5.74) is 0.835. The third kappa shape index (κ3) is 4.48. The molecule has 1 aliphatic heterocycles. The van der Waals surface area contributed by atoms with Crippen molar-refractivity contribution in [3.63, 3.8) is 0 Å². The Morgan fingerprint density at radius 2 is 1.92 bits per heavy atom. The number of rotatable bonds is 7. The van der Waals surface area contributed by atoms with Crippen molar-refractivity contribution in [2.24, 2.45) is 5.92 Å². The van der Waals surface area contributed by atoms with Crippen LogP contribution >= 0.6 is 11.5 Å². The van der Waals surface area contributed by atoms with Crippen LogP contribution in [-0.2, 0) is 6.42 Å². The second-order valence-corrected chi connectivity index (χ2v) is 7.78. The maximum atomic E-state index is 13.3. The minimum atomic E-state index is -0.787. The van der Waals surface area contributed by atoms with Gasteiger partial charge in [-0.05, 0) is 42.9 Å². The fourth-order valence-electron chi connectivity index (χ4n) is 3.12. The fourth-order valence-corrected chi connectivity index (χ4v) is 3.82. The number of anilines is 2. The van der Waals surface area contributed by atoms with Crippen LogP contribution in [0.4, 0.5) is 19.9 Å². The molecule has 1 saturated heterocycles. The van der Waals surface area contributed by atoms with E-state index in [0.717, 1.165) is 68.3 Å². The van der Waals surface area contributed by atoms with Crippen LogP contribution in [0.5, 0.6) is 0 Å². The molecular weight excluding hydrogens is 356 g/mol. The molecule has 0 unspecified atom stereocenters. The molecule has 0 bridgehead atoms. The monoisotopic (exact) mass is 379 g/mol. The molecule has 2 aromatic rings. The van der Waals surface area contributed by atoms with Crippen molar-refractivity contribution in [3.8, 4) is 0 Å². The van der Waals surface area contributed by atoms with Crippen molar-refractivity contribution in [3.05, 3.63) is 35.4 Å². The van der Waals surface area contributed by atoms with Crippen molar-refractivity contribution in [2.75, 3.05) is 49.5 Å². The van der Waals surface area contributed by atoms with Crippen LogP contribution in [-0.4, -0.2) is 53.5 Å². The standard InChI is InChI=1S/C18H23F2N5S/c19-15-4-3-13(11-16(15)20)5-6-24-7-9-25(10-8-24)18-22-17(23-26-18)21-12-14-1-2-14/h3-4,11,14H,1-2,5-10,12H2,(H,21,23). The summed E-state index contributed by atoms with van der Waals surface area (Å²) in [5, 5.41) is 4.29. The average molecular weight is 379 g/mol. The fraction of sp³-hybridized carbons (Fsp3) is 0.556. The molecule has 5 nitrogen and oxygen atoms in total. The van der Waals surface area contributed by atoms with Gasteiger partial charge in [0.05, 0.1) is 0 Å². The van der Waals surface area contributed by atoms with Crippen LogP contribution in [0.15, 0.2) is 18.2 Å².